The fraction of sp³-hybridized carbons (Fsp3) is 0.600. The summed E-state index contributed by atoms with van der Waals surface area (Å²) in [6.45, 7) is 8.23. The maximum Gasteiger partial charge on any atom is 0.200 e. The van der Waals surface area contributed by atoms with E-state index in [-0.39, 0.29) is 5.43 Å². The number of rotatable bonds is 6. The second-order valence-corrected chi connectivity index (χ2v) is 3.61. The van der Waals surface area contributed by atoms with Gasteiger partial charge in [0, 0.05) is 19.2 Å². The molecule has 0 atom stereocenters. The van der Waals surface area contributed by atoms with Crippen molar-refractivity contribution < 1.29 is 0 Å². The summed E-state index contributed by atoms with van der Waals surface area (Å²) in [5.74, 6) is 0. The zero-order chi connectivity index (χ0) is 10.6. The molecule has 0 aromatic heterocycles. The highest BCUT2D eigenvalue weighted by Gasteiger charge is 2.04. The first kappa shape index (κ1) is 11.3. The van der Waals surface area contributed by atoms with E-state index in [0.717, 1.165) is 31.9 Å². The van der Waals surface area contributed by atoms with Crippen LogP contribution in [0.1, 0.15) is 13.8 Å². The van der Waals surface area contributed by atoms with Crippen molar-refractivity contribution >= 4 is 17.9 Å². The lowest BCUT2D eigenvalue weighted by Crippen LogP contribution is -2.29. The van der Waals surface area contributed by atoms with Crippen molar-refractivity contribution in [3.8, 4) is 0 Å². The van der Waals surface area contributed by atoms with Gasteiger partial charge >= 0.3 is 0 Å². The van der Waals surface area contributed by atoms with E-state index in [4.69, 9.17) is 12.2 Å². The Morgan fingerprint density at radius 3 is 2.50 bits per heavy atom. The molecule has 0 unspecified atom stereocenters. The van der Waals surface area contributed by atoms with Crippen LogP contribution in [-0.2, 0) is 0 Å². The lowest BCUT2D eigenvalue weighted by atomic mass is 10.3. The van der Waals surface area contributed by atoms with Gasteiger partial charge in [0.05, 0.1) is 5.69 Å². The molecule has 1 aromatic rings. The van der Waals surface area contributed by atoms with Gasteiger partial charge in [0.15, 0.2) is 0 Å². The molecule has 0 aliphatic heterocycles. The number of nitrogens with zero attached hydrogens (tertiary/aromatic N) is 1. The standard InChI is InChI=1S/C10H16N2OS/c1-3-12(4-2)6-5-11-8-7-9(13)10(8)14/h7,11H,3-6H2,1-2H3. The van der Waals surface area contributed by atoms with Crippen molar-refractivity contribution in [2.24, 2.45) is 0 Å². The summed E-state index contributed by atoms with van der Waals surface area (Å²) in [6.07, 6.45) is 0. The van der Waals surface area contributed by atoms with E-state index in [2.05, 4.69) is 24.1 Å². The quantitative estimate of drug-likeness (QED) is 0.723. The molecule has 0 spiro atoms. The number of hydrogen-bond acceptors (Lipinski definition) is 4. The minimum Gasteiger partial charge on any atom is -0.382 e. The van der Waals surface area contributed by atoms with Gasteiger partial charge in [0.1, 0.15) is 4.51 Å². The van der Waals surface area contributed by atoms with Gasteiger partial charge < -0.3 is 10.2 Å². The Labute approximate surface area is 89.4 Å². The van der Waals surface area contributed by atoms with Crippen LogP contribution < -0.4 is 10.7 Å². The second-order valence-electron chi connectivity index (χ2n) is 3.21. The third-order valence-electron chi connectivity index (χ3n) is 2.38. The average Bonchev–Trinajstić information content (AvgIpc) is 2.22. The highest BCUT2D eigenvalue weighted by Crippen LogP contribution is 2.06. The molecule has 0 aliphatic carbocycles. The number of hydrogen-bond donors (Lipinski definition) is 1. The Morgan fingerprint density at radius 1 is 1.43 bits per heavy atom. The highest BCUT2D eigenvalue weighted by molar-refractivity contribution is 7.71. The van der Waals surface area contributed by atoms with Crippen LogP contribution >= 0.6 is 12.2 Å². The fourth-order valence-corrected chi connectivity index (χ4v) is 1.53. The lowest BCUT2D eigenvalue weighted by Gasteiger charge is -2.18. The van der Waals surface area contributed by atoms with Gasteiger partial charge in [-0.3, -0.25) is 4.79 Å². The minimum atomic E-state index is -0.0228. The van der Waals surface area contributed by atoms with Crippen LogP contribution in [0.25, 0.3) is 0 Å². The van der Waals surface area contributed by atoms with Gasteiger partial charge in [-0.15, -0.1) is 0 Å². The van der Waals surface area contributed by atoms with Crippen molar-refractivity contribution in [2.75, 3.05) is 31.5 Å². The predicted molar refractivity (Wildman–Crippen MR) is 62.2 cm³/mol. The molecule has 1 aromatic carbocycles. The van der Waals surface area contributed by atoms with Crippen molar-refractivity contribution in [3.63, 3.8) is 0 Å². The van der Waals surface area contributed by atoms with E-state index in [0.29, 0.717) is 4.51 Å². The third kappa shape index (κ3) is 2.62. The van der Waals surface area contributed by atoms with Crippen LogP contribution in [0, 0.1) is 4.51 Å². The molecule has 0 amide bonds. The van der Waals surface area contributed by atoms with Crippen LogP contribution in [0.3, 0.4) is 0 Å². The molecular weight excluding hydrogens is 196 g/mol. The van der Waals surface area contributed by atoms with E-state index in [1.54, 1.807) is 6.07 Å². The average molecular weight is 212 g/mol. The Hall–Kier alpha value is -0.740. The van der Waals surface area contributed by atoms with E-state index in [1.807, 2.05) is 0 Å². The molecule has 78 valence electrons. The van der Waals surface area contributed by atoms with Crippen LogP contribution in [-0.4, -0.2) is 31.1 Å². The topological polar surface area (TPSA) is 32.3 Å². The molecule has 0 heterocycles. The van der Waals surface area contributed by atoms with Crippen molar-refractivity contribution in [2.45, 2.75) is 13.8 Å². The molecule has 0 saturated carbocycles. The van der Waals surface area contributed by atoms with E-state index >= 15 is 0 Å². The van der Waals surface area contributed by atoms with Crippen LogP contribution in [0.2, 0.25) is 0 Å². The molecule has 0 saturated heterocycles. The van der Waals surface area contributed by atoms with Gasteiger partial charge in [0.25, 0.3) is 0 Å². The molecule has 4 heteroatoms. The summed E-state index contributed by atoms with van der Waals surface area (Å²) < 4.78 is 0.449. The predicted octanol–water partition coefficient (Wildman–Crippen LogP) is 1.41. The summed E-state index contributed by atoms with van der Waals surface area (Å²) >= 11 is 4.87. The highest BCUT2D eigenvalue weighted by atomic mass is 32.1. The number of nitrogens with one attached hydrogen (secondary N) is 1. The van der Waals surface area contributed by atoms with E-state index in [1.165, 1.54) is 0 Å². The Balaban J connectivity index is 2.26. The van der Waals surface area contributed by atoms with Crippen LogP contribution in [0.5, 0.6) is 0 Å². The second kappa shape index (κ2) is 5.22. The Kier molecular flexibility index (Phi) is 4.22. The summed E-state index contributed by atoms with van der Waals surface area (Å²) in [5.41, 5.74) is 0.808. The maximum atomic E-state index is 10.8. The maximum absolute atomic E-state index is 10.8. The molecule has 0 aliphatic rings. The molecular formula is C10H16N2OS. The zero-order valence-corrected chi connectivity index (χ0v) is 9.49. The molecule has 0 bridgehead atoms. The van der Waals surface area contributed by atoms with Gasteiger partial charge in [-0.1, -0.05) is 26.1 Å². The first-order chi connectivity index (χ1) is 6.69. The summed E-state index contributed by atoms with van der Waals surface area (Å²) in [7, 11) is 0. The number of likely N-dealkylation sites (N-methyl/N-ethyl adjacent to an activating group) is 1. The fourth-order valence-electron chi connectivity index (χ4n) is 1.34. The van der Waals surface area contributed by atoms with E-state index in [9.17, 15) is 4.79 Å². The molecule has 0 radical (unpaired) electrons. The summed E-state index contributed by atoms with van der Waals surface area (Å²) in [5, 5.41) is 3.16. The first-order valence-corrected chi connectivity index (χ1v) is 5.36. The molecule has 1 rings (SSSR count). The monoisotopic (exact) mass is 212 g/mol. The Bertz CT molecular complexity index is 351. The molecule has 3 nitrogen and oxygen atoms in total. The van der Waals surface area contributed by atoms with Crippen LogP contribution in [0.15, 0.2) is 10.9 Å². The van der Waals surface area contributed by atoms with Gasteiger partial charge in [0.2, 0.25) is 5.43 Å². The normalized spacial score (nSPS) is 11.1. The molecule has 14 heavy (non-hydrogen) atoms. The summed E-state index contributed by atoms with van der Waals surface area (Å²) in [6, 6.07) is 1.56. The van der Waals surface area contributed by atoms with Crippen LogP contribution in [0.4, 0.5) is 5.69 Å². The molecule has 0 fully saturated rings. The summed E-state index contributed by atoms with van der Waals surface area (Å²) in [4.78, 5) is 13.1. The first-order valence-electron chi connectivity index (χ1n) is 4.95. The Morgan fingerprint density at radius 2 is 2.07 bits per heavy atom. The van der Waals surface area contributed by atoms with Gasteiger partial charge in [-0.2, -0.15) is 0 Å². The SMILES string of the molecule is CCN(CC)CCNc1cc(=O)c1=S. The van der Waals surface area contributed by atoms with Crippen molar-refractivity contribution in [3.05, 3.63) is 20.8 Å². The van der Waals surface area contributed by atoms with Gasteiger partial charge in [-0.25, -0.2) is 0 Å². The largest absolute Gasteiger partial charge is 0.382 e. The van der Waals surface area contributed by atoms with Gasteiger partial charge in [-0.05, 0) is 13.1 Å². The van der Waals surface area contributed by atoms with Crippen molar-refractivity contribution in [1.82, 2.24) is 4.90 Å². The lowest BCUT2D eigenvalue weighted by molar-refractivity contribution is 0.316. The van der Waals surface area contributed by atoms with E-state index < -0.39 is 0 Å². The third-order valence-corrected chi connectivity index (χ3v) is 2.80. The minimum absolute atomic E-state index is 0.0228. The smallest absolute Gasteiger partial charge is 0.200 e. The zero-order valence-electron chi connectivity index (χ0n) is 8.67. The van der Waals surface area contributed by atoms with Crippen molar-refractivity contribution in [1.29, 1.82) is 0 Å². The number of anilines is 1. The molecule has 1 N–H and O–H groups in total.